The van der Waals surface area contributed by atoms with E-state index in [4.69, 9.17) is 16.3 Å². The van der Waals surface area contributed by atoms with Crippen molar-refractivity contribution in [1.29, 1.82) is 0 Å². The molecule has 1 aromatic heterocycles. The van der Waals surface area contributed by atoms with Gasteiger partial charge in [0, 0.05) is 19.0 Å². The Morgan fingerprint density at radius 2 is 2.30 bits per heavy atom. The minimum absolute atomic E-state index is 0.116. The van der Waals surface area contributed by atoms with Gasteiger partial charge in [-0.1, -0.05) is 24.9 Å². The molecule has 3 rings (SSSR count). The van der Waals surface area contributed by atoms with Gasteiger partial charge < -0.3 is 15.0 Å². The largest absolute Gasteiger partial charge is 0.444 e. The van der Waals surface area contributed by atoms with Crippen molar-refractivity contribution in [2.45, 2.75) is 44.8 Å². The summed E-state index contributed by atoms with van der Waals surface area (Å²) in [4.78, 5) is 25.4. The standard InChI is InChI=1S/C15H21ClN4O3/c1-9-3-2-4-11(9)18-15(22)23-10-5-6-20(8-10)12-7-17-19-14(21)13(12)16/h7,9-11H,2-6,8H2,1H3,(H,18,22)(H,19,21)/t9?,10-,11?/m1/s1. The number of aromatic amines is 1. The van der Waals surface area contributed by atoms with Gasteiger partial charge in [0.25, 0.3) is 5.56 Å². The molecule has 8 heteroatoms. The van der Waals surface area contributed by atoms with Gasteiger partial charge in [0.05, 0.1) is 18.4 Å². The highest BCUT2D eigenvalue weighted by Gasteiger charge is 2.30. The zero-order chi connectivity index (χ0) is 16.4. The third-order valence-electron chi connectivity index (χ3n) is 4.70. The second-order valence-electron chi connectivity index (χ2n) is 6.32. The Balaban J connectivity index is 1.54. The molecule has 1 saturated heterocycles. The molecule has 1 aliphatic heterocycles. The lowest BCUT2D eigenvalue weighted by Crippen LogP contribution is -2.39. The zero-order valence-electron chi connectivity index (χ0n) is 13.0. The van der Waals surface area contributed by atoms with Crippen LogP contribution in [0.25, 0.3) is 0 Å². The molecule has 2 fully saturated rings. The third-order valence-corrected chi connectivity index (χ3v) is 5.07. The van der Waals surface area contributed by atoms with E-state index in [0.717, 1.165) is 19.3 Å². The lowest BCUT2D eigenvalue weighted by Gasteiger charge is -2.20. The number of alkyl carbamates (subject to hydrolysis) is 1. The normalized spacial score (nSPS) is 27.2. The minimum Gasteiger partial charge on any atom is -0.444 e. The Kier molecular flexibility index (Phi) is 4.75. The predicted molar refractivity (Wildman–Crippen MR) is 86.9 cm³/mol. The summed E-state index contributed by atoms with van der Waals surface area (Å²) in [5.74, 6) is 0.503. The number of halogens is 1. The SMILES string of the molecule is CC1CCCC1NC(=O)O[C@@H]1CCN(c2cn[nH]c(=O)c2Cl)C1. The molecule has 1 aliphatic carbocycles. The molecular formula is C15H21ClN4O3. The van der Waals surface area contributed by atoms with Gasteiger partial charge in [-0.05, 0) is 18.8 Å². The summed E-state index contributed by atoms with van der Waals surface area (Å²) in [7, 11) is 0. The Morgan fingerprint density at radius 1 is 1.48 bits per heavy atom. The van der Waals surface area contributed by atoms with Crippen LogP contribution in [0.15, 0.2) is 11.0 Å². The molecule has 0 spiro atoms. The van der Waals surface area contributed by atoms with E-state index in [1.54, 1.807) is 0 Å². The number of nitrogens with one attached hydrogen (secondary N) is 2. The molecule has 1 aromatic rings. The highest BCUT2D eigenvalue weighted by Crippen LogP contribution is 2.27. The molecule has 2 unspecified atom stereocenters. The first-order chi connectivity index (χ1) is 11.0. The summed E-state index contributed by atoms with van der Waals surface area (Å²) in [6.07, 6.45) is 4.98. The molecule has 23 heavy (non-hydrogen) atoms. The Labute approximate surface area is 139 Å². The number of hydrogen-bond acceptors (Lipinski definition) is 5. The Hall–Kier alpha value is -1.76. The van der Waals surface area contributed by atoms with Crippen molar-refractivity contribution in [2.24, 2.45) is 5.92 Å². The zero-order valence-corrected chi connectivity index (χ0v) is 13.8. The number of hydrogen-bond donors (Lipinski definition) is 2. The summed E-state index contributed by atoms with van der Waals surface area (Å²) >= 11 is 6.01. The highest BCUT2D eigenvalue weighted by molar-refractivity contribution is 6.33. The van der Waals surface area contributed by atoms with Crippen molar-refractivity contribution in [1.82, 2.24) is 15.5 Å². The fraction of sp³-hybridized carbons (Fsp3) is 0.667. The van der Waals surface area contributed by atoms with Crippen LogP contribution in [0.5, 0.6) is 0 Å². The third kappa shape index (κ3) is 3.60. The molecule has 7 nitrogen and oxygen atoms in total. The van der Waals surface area contributed by atoms with Gasteiger partial charge >= 0.3 is 6.09 Å². The highest BCUT2D eigenvalue weighted by atomic mass is 35.5. The van der Waals surface area contributed by atoms with E-state index in [0.29, 0.717) is 31.1 Å². The van der Waals surface area contributed by atoms with Gasteiger partial charge in [-0.25, -0.2) is 9.89 Å². The smallest absolute Gasteiger partial charge is 0.407 e. The second-order valence-corrected chi connectivity index (χ2v) is 6.70. The molecule has 0 bridgehead atoms. The maximum atomic E-state index is 12.0. The molecule has 3 atom stereocenters. The van der Waals surface area contributed by atoms with E-state index in [2.05, 4.69) is 22.4 Å². The van der Waals surface area contributed by atoms with Crippen molar-refractivity contribution in [2.75, 3.05) is 18.0 Å². The van der Waals surface area contributed by atoms with Gasteiger partial charge in [-0.2, -0.15) is 5.10 Å². The van der Waals surface area contributed by atoms with Crippen molar-refractivity contribution >= 4 is 23.4 Å². The average molecular weight is 341 g/mol. The van der Waals surface area contributed by atoms with Crippen LogP contribution >= 0.6 is 11.6 Å². The van der Waals surface area contributed by atoms with Crippen molar-refractivity contribution in [3.05, 3.63) is 21.6 Å². The molecule has 1 amide bonds. The van der Waals surface area contributed by atoms with Gasteiger partial charge in [0.15, 0.2) is 0 Å². The van der Waals surface area contributed by atoms with Crippen LogP contribution in [0.4, 0.5) is 10.5 Å². The monoisotopic (exact) mass is 340 g/mol. The predicted octanol–water partition coefficient (Wildman–Crippen LogP) is 1.92. The number of carbonyl (C=O) groups is 1. The van der Waals surface area contributed by atoms with E-state index in [9.17, 15) is 9.59 Å². The van der Waals surface area contributed by atoms with Crippen molar-refractivity contribution in [3.8, 4) is 0 Å². The van der Waals surface area contributed by atoms with Crippen LogP contribution in [0, 0.1) is 5.92 Å². The minimum atomic E-state index is -0.415. The molecule has 1 saturated carbocycles. The molecule has 2 N–H and O–H groups in total. The van der Waals surface area contributed by atoms with Crippen LogP contribution in [0.3, 0.4) is 0 Å². The molecule has 2 heterocycles. The average Bonchev–Trinajstić information content (AvgIpc) is 3.12. The number of aromatic nitrogens is 2. The van der Waals surface area contributed by atoms with Gasteiger partial charge in [-0.15, -0.1) is 0 Å². The quantitative estimate of drug-likeness (QED) is 0.877. The Bertz CT molecular complexity index is 635. The summed E-state index contributed by atoms with van der Waals surface area (Å²) in [6.45, 7) is 3.33. The number of anilines is 1. The topological polar surface area (TPSA) is 87.3 Å². The van der Waals surface area contributed by atoms with E-state index < -0.39 is 5.56 Å². The summed E-state index contributed by atoms with van der Waals surface area (Å²) in [5, 5.41) is 9.13. The molecular weight excluding hydrogens is 320 g/mol. The van der Waals surface area contributed by atoms with Crippen LogP contribution in [-0.2, 0) is 4.74 Å². The van der Waals surface area contributed by atoms with E-state index >= 15 is 0 Å². The lowest BCUT2D eigenvalue weighted by atomic mass is 10.1. The maximum absolute atomic E-state index is 12.0. The fourth-order valence-corrected chi connectivity index (χ4v) is 3.55. The number of nitrogens with zero attached hydrogens (tertiary/aromatic N) is 2. The van der Waals surface area contributed by atoms with E-state index in [1.165, 1.54) is 6.20 Å². The van der Waals surface area contributed by atoms with E-state index in [-0.39, 0.29) is 23.3 Å². The Morgan fingerprint density at radius 3 is 3.04 bits per heavy atom. The number of rotatable bonds is 3. The summed E-state index contributed by atoms with van der Waals surface area (Å²) in [5.41, 5.74) is 0.160. The van der Waals surface area contributed by atoms with E-state index in [1.807, 2.05) is 4.90 Å². The van der Waals surface area contributed by atoms with Crippen molar-refractivity contribution in [3.63, 3.8) is 0 Å². The summed E-state index contributed by atoms with van der Waals surface area (Å²) < 4.78 is 5.50. The maximum Gasteiger partial charge on any atom is 0.407 e. The number of H-pyrrole nitrogens is 1. The summed E-state index contributed by atoms with van der Waals surface area (Å²) in [6, 6.07) is 0.214. The lowest BCUT2D eigenvalue weighted by molar-refractivity contribution is 0.103. The van der Waals surface area contributed by atoms with Gasteiger partial charge in [0.2, 0.25) is 0 Å². The second kappa shape index (κ2) is 6.78. The molecule has 0 radical (unpaired) electrons. The number of amides is 1. The first-order valence-corrected chi connectivity index (χ1v) is 8.37. The van der Waals surface area contributed by atoms with Crippen LogP contribution < -0.4 is 15.8 Å². The van der Waals surface area contributed by atoms with Gasteiger partial charge in [-0.3, -0.25) is 4.79 Å². The number of carbonyl (C=O) groups excluding carboxylic acids is 1. The van der Waals surface area contributed by atoms with Crippen LogP contribution in [0.2, 0.25) is 5.02 Å². The molecule has 126 valence electrons. The molecule has 2 aliphatic rings. The number of ether oxygens (including phenoxy) is 1. The van der Waals surface area contributed by atoms with Crippen LogP contribution in [0.1, 0.15) is 32.6 Å². The van der Waals surface area contributed by atoms with Crippen LogP contribution in [-0.4, -0.2) is 41.5 Å². The fourth-order valence-electron chi connectivity index (χ4n) is 3.33. The first-order valence-electron chi connectivity index (χ1n) is 8.00. The van der Waals surface area contributed by atoms with Crippen molar-refractivity contribution < 1.29 is 9.53 Å². The molecule has 0 aromatic carbocycles. The van der Waals surface area contributed by atoms with Gasteiger partial charge in [0.1, 0.15) is 11.1 Å². The first kappa shape index (κ1) is 16.1.